The normalized spacial score (nSPS) is 9.73. The number of nitrogens with zero attached hydrogens (tertiary/aromatic N) is 1. The maximum atomic E-state index is 13.3. The molecule has 2 heterocycles. The third-order valence-electron chi connectivity index (χ3n) is 3.66. The molecule has 1 aromatic carbocycles. The van der Waals surface area contributed by atoms with E-state index in [-0.39, 0.29) is 12.4 Å². The summed E-state index contributed by atoms with van der Waals surface area (Å²) < 4.78 is 13.3. The molecule has 2 aromatic heterocycles. The van der Waals surface area contributed by atoms with Gasteiger partial charge in [0.1, 0.15) is 5.82 Å². The summed E-state index contributed by atoms with van der Waals surface area (Å²) in [6, 6.07) is 10.4. The highest BCUT2D eigenvalue weighted by Gasteiger charge is 2.17. The fourth-order valence-corrected chi connectivity index (χ4v) is 3.71. The molecule has 0 aliphatic carbocycles. The number of thiophene rings is 1. The van der Waals surface area contributed by atoms with Crippen molar-refractivity contribution in [2.75, 3.05) is 6.61 Å². The highest BCUT2D eigenvalue weighted by molar-refractivity contribution is 7.16. The van der Waals surface area contributed by atoms with Gasteiger partial charge in [0.15, 0.2) is 0 Å². The monoisotopic (exact) mass is 367 g/mol. The number of hydrogen-bond donors (Lipinski definition) is 1. The molecular weight excluding hydrogens is 345 g/mol. The molecule has 0 aliphatic rings. The molecule has 2 nitrogen and oxygen atoms in total. The highest BCUT2D eigenvalue weighted by atomic mass is 32.1. The van der Waals surface area contributed by atoms with Gasteiger partial charge >= 0.3 is 0 Å². The molecule has 134 valence electrons. The molecule has 0 saturated heterocycles. The van der Waals surface area contributed by atoms with Crippen LogP contribution >= 0.6 is 11.3 Å². The molecule has 0 saturated carbocycles. The van der Waals surface area contributed by atoms with Crippen LogP contribution in [0.4, 0.5) is 4.39 Å². The van der Waals surface area contributed by atoms with Gasteiger partial charge in [-0.3, -0.25) is 4.98 Å². The lowest BCUT2D eigenvalue weighted by atomic mass is 9.99. The number of benzene rings is 1. The van der Waals surface area contributed by atoms with Gasteiger partial charge in [-0.15, -0.1) is 11.3 Å². The summed E-state index contributed by atoms with van der Waals surface area (Å²) in [5.41, 5.74) is 4.22. The fourth-order valence-electron chi connectivity index (χ4n) is 2.50. The Kier molecular flexibility index (Phi) is 7.53. The minimum Gasteiger partial charge on any atom is -0.395 e. The largest absolute Gasteiger partial charge is 0.395 e. The second kappa shape index (κ2) is 9.86. The van der Waals surface area contributed by atoms with Gasteiger partial charge in [-0.05, 0) is 47.9 Å². The van der Waals surface area contributed by atoms with Crippen LogP contribution in [0.25, 0.3) is 21.6 Å². The Balaban J connectivity index is 0.00000117. The zero-order valence-corrected chi connectivity index (χ0v) is 16.0. The smallest absolute Gasteiger partial charge is 0.123 e. The van der Waals surface area contributed by atoms with Crippen LogP contribution in [0.15, 0.2) is 48.8 Å². The van der Waals surface area contributed by atoms with Crippen molar-refractivity contribution in [3.8, 4) is 33.4 Å². The molecule has 0 radical (unpaired) electrons. The van der Waals surface area contributed by atoms with Crippen LogP contribution in [-0.4, -0.2) is 16.7 Å². The Morgan fingerprint density at radius 3 is 2.31 bits per heavy atom. The van der Waals surface area contributed by atoms with Crippen molar-refractivity contribution in [1.82, 2.24) is 4.98 Å². The first-order valence-electron chi connectivity index (χ1n) is 8.60. The van der Waals surface area contributed by atoms with E-state index in [1.807, 2.05) is 32.9 Å². The summed E-state index contributed by atoms with van der Waals surface area (Å²) >= 11 is 1.59. The number of aliphatic hydroxyl groups is 1. The van der Waals surface area contributed by atoms with Gasteiger partial charge in [-0.25, -0.2) is 4.39 Å². The van der Waals surface area contributed by atoms with E-state index < -0.39 is 0 Å². The molecule has 1 N–H and O–H groups in total. The first-order valence-corrected chi connectivity index (χ1v) is 9.42. The zero-order chi connectivity index (χ0) is 18.9. The van der Waals surface area contributed by atoms with E-state index in [9.17, 15) is 4.39 Å². The maximum Gasteiger partial charge on any atom is 0.123 e. The number of aromatic nitrogens is 1. The third-order valence-corrected chi connectivity index (χ3v) is 4.92. The zero-order valence-electron chi connectivity index (χ0n) is 15.2. The Labute approximate surface area is 158 Å². The Bertz CT molecular complexity index is 890. The third kappa shape index (κ3) is 4.57. The summed E-state index contributed by atoms with van der Waals surface area (Å²) in [6.07, 6.45) is 3.98. The van der Waals surface area contributed by atoms with Crippen molar-refractivity contribution in [2.45, 2.75) is 27.2 Å². The predicted octanol–water partition coefficient (Wildman–Crippen LogP) is 5.68. The van der Waals surface area contributed by atoms with Crippen molar-refractivity contribution >= 4 is 11.3 Å². The van der Waals surface area contributed by atoms with Crippen LogP contribution < -0.4 is 0 Å². The number of rotatable bonds is 3. The van der Waals surface area contributed by atoms with Gasteiger partial charge in [0.25, 0.3) is 0 Å². The molecule has 0 spiro atoms. The lowest BCUT2D eigenvalue weighted by molar-refractivity contribution is 0.305. The molecule has 0 bridgehead atoms. The summed E-state index contributed by atoms with van der Waals surface area (Å²) in [7, 11) is 0. The molecule has 0 fully saturated rings. The SMILES string of the molecule is CC.Cc1c(C#CCCO)sc(-c2ccc(F)cc2)c1-c1ccncc1. The van der Waals surface area contributed by atoms with Crippen molar-refractivity contribution in [3.63, 3.8) is 0 Å². The second-order valence-corrected chi connectivity index (χ2v) is 6.30. The Hall–Kier alpha value is -2.48. The maximum absolute atomic E-state index is 13.3. The van der Waals surface area contributed by atoms with Gasteiger partial charge in [-0.2, -0.15) is 0 Å². The average Bonchev–Trinajstić information content (AvgIpc) is 3.01. The van der Waals surface area contributed by atoms with Gasteiger partial charge < -0.3 is 5.11 Å². The van der Waals surface area contributed by atoms with Gasteiger partial charge in [0, 0.05) is 29.3 Å². The highest BCUT2D eigenvalue weighted by Crippen LogP contribution is 2.42. The van der Waals surface area contributed by atoms with Crippen molar-refractivity contribution < 1.29 is 9.50 Å². The van der Waals surface area contributed by atoms with Crippen LogP contribution in [0, 0.1) is 24.6 Å². The molecule has 4 heteroatoms. The minimum absolute atomic E-state index is 0.0550. The summed E-state index contributed by atoms with van der Waals surface area (Å²) in [5.74, 6) is 5.88. The molecule has 0 amide bonds. The van der Waals surface area contributed by atoms with E-state index in [0.717, 1.165) is 32.0 Å². The van der Waals surface area contributed by atoms with Crippen LogP contribution in [0.1, 0.15) is 30.7 Å². The van der Waals surface area contributed by atoms with E-state index >= 15 is 0 Å². The fraction of sp³-hybridized carbons (Fsp3) is 0.227. The average molecular weight is 367 g/mol. The molecule has 0 atom stereocenters. The molecule has 3 aromatic rings. The lowest BCUT2D eigenvalue weighted by Crippen LogP contribution is -1.84. The van der Waals surface area contributed by atoms with E-state index in [4.69, 9.17) is 5.11 Å². The summed E-state index contributed by atoms with van der Waals surface area (Å²) in [5, 5.41) is 8.91. The predicted molar refractivity (Wildman–Crippen MR) is 108 cm³/mol. The number of pyridine rings is 1. The van der Waals surface area contributed by atoms with Crippen molar-refractivity contribution in [2.24, 2.45) is 0 Å². The van der Waals surface area contributed by atoms with Crippen LogP contribution in [-0.2, 0) is 0 Å². The number of halogens is 1. The summed E-state index contributed by atoms with van der Waals surface area (Å²) in [4.78, 5) is 6.11. The molecule has 3 rings (SSSR count). The van der Waals surface area contributed by atoms with Crippen LogP contribution in [0.5, 0.6) is 0 Å². The standard InChI is InChI=1S/C20H16FNOS.C2H6/c1-14-18(4-2-3-13-23)24-20(16-5-7-17(21)8-6-16)19(14)15-9-11-22-12-10-15;1-2/h5-12,23H,3,13H2,1H3;1-2H3. The number of hydrogen-bond acceptors (Lipinski definition) is 3. The topological polar surface area (TPSA) is 33.1 Å². The van der Waals surface area contributed by atoms with E-state index in [1.165, 1.54) is 12.1 Å². The molecule has 0 aliphatic heterocycles. The first kappa shape index (κ1) is 19.8. The number of aliphatic hydroxyl groups excluding tert-OH is 1. The Morgan fingerprint density at radius 2 is 1.69 bits per heavy atom. The van der Waals surface area contributed by atoms with Crippen LogP contribution in [0.3, 0.4) is 0 Å². The van der Waals surface area contributed by atoms with E-state index in [2.05, 4.69) is 16.8 Å². The second-order valence-electron chi connectivity index (χ2n) is 5.28. The molecule has 26 heavy (non-hydrogen) atoms. The first-order chi connectivity index (χ1) is 12.7. The molecular formula is C22H22FNOS. The van der Waals surface area contributed by atoms with Gasteiger partial charge in [0.05, 0.1) is 11.5 Å². The quantitative estimate of drug-likeness (QED) is 0.604. The lowest BCUT2D eigenvalue weighted by Gasteiger charge is -2.06. The van der Waals surface area contributed by atoms with Crippen LogP contribution in [0.2, 0.25) is 0 Å². The summed E-state index contributed by atoms with van der Waals surface area (Å²) in [6.45, 7) is 6.10. The van der Waals surface area contributed by atoms with Gasteiger partial charge in [-0.1, -0.05) is 37.8 Å². The minimum atomic E-state index is -0.250. The molecule has 0 unspecified atom stereocenters. The van der Waals surface area contributed by atoms with E-state index in [0.29, 0.717) is 6.42 Å². The van der Waals surface area contributed by atoms with E-state index in [1.54, 1.807) is 35.9 Å². The Morgan fingerprint density at radius 1 is 1.04 bits per heavy atom. The van der Waals surface area contributed by atoms with Gasteiger partial charge in [0.2, 0.25) is 0 Å². The van der Waals surface area contributed by atoms with Crippen molar-refractivity contribution in [3.05, 3.63) is 65.0 Å². The van der Waals surface area contributed by atoms with Crippen molar-refractivity contribution in [1.29, 1.82) is 0 Å².